The van der Waals surface area contributed by atoms with Gasteiger partial charge in [-0.05, 0) is 31.9 Å². The van der Waals surface area contributed by atoms with Crippen LogP contribution in [0, 0.1) is 10.1 Å². The highest BCUT2D eigenvalue weighted by atomic mass is 16.6. The second-order valence-corrected chi connectivity index (χ2v) is 4.27. The van der Waals surface area contributed by atoms with Crippen molar-refractivity contribution in [2.75, 3.05) is 11.9 Å². The summed E-state index contributed by atoms with van der Waals surface area (Å²) in [6.45, 7) is 2.36. The van der Waals surface area contributed by atoms with Gasteiger partial charge in [0.15, 0.2) is 0 Å². The lowest BCUT2D eigenvalue weighted by molar-refractivity contribution is -0.384. The quantitative estimate of drug-likeness (QED) is 0.616. The minimum absolute atomic E-state index is 0.00921. The number of benzene rings is 1. The number of hydrogen-bond acceptors (Lipinski definition) is 4. The first-order valence-electron chi connectivity index (χ1n) is 5.95. The van der Waals surface area contributed by atoms with Crippen LogP contribution < -0.4 is 10.6 Å². The number of nitrogens with zero attached hydrogens (tertiary/aromatic N) is 1. The molecule has 2 N–H and O–H groups in total. The number of nitrogens with one attached hydrogen (secondary N) is 2. The zero-order valence-corrected chi connectivity index (χ0v) is 10.1. The van der Waals surface area contributed by atoms with Crippen molar-refractivity contribution < 1.29 is 9.72 Å². The van der Waals surface area contributed by atoms with Crippen LogP contribution >= 0.6 is 0 Å². The first-order chi connectivity index (χ1) is 8.61. The molecular weight excluding hydrogens is 234 g/mol. The van der Waals surface area contributed by atoms with E-state index in [0.29, 0.717) is 23.8 Å². The average molecular weight is 249 g/mol. The summed E-state index contributed by atoms with van der Waals surface area (Å²) in [6.07, 6.45) is 2.03. The maximum Gasteiger partial charge on any atom is 0.292 e. The SMILES string of the molecule is CCNC(=O)c1ccc([N+](=O)[O-])c(NC2CC2)c1. The van der Waals surface area contributed by atoms with Gasteiger partial charge in [-0.1, -0.05) is 0 Å². The molecule has 1 fully saturated rings. The number of amides is 1. The highest BCUT2D eigenvalue weighted by Crippen LogP contribution is 2.31. The van der Waals surface area contributed by atoms with Crippen molar-refractivity contribution in [2.24, 2.45) is 0 Å². The summed E-state index contributed by atoms with van der Waals surface area (Å²) < 4.78 is 0. The van der Waals surface area contributed by atoms with Gasteiger partial charge in [0.05, 0.1) is 4.92 Å². The van der Waals surface area contributed by atoms with Crippen LogP contribution in [-0.2, 0) is 0 Å². The molecule has 1 amide bonds. The summed E-state index contributed by atoms with van der Waals surface area (Å²) in [7, 11) is 0. The average Bonchev–Trinajstić information content (AvgIpc) is 3.13. The molecule has 1 aromatic rings. The Labute approximate surface area is 105 Å². The predicted molar refractivity (Wildman–Crippen MR) is 67.7 cm³/mol. The molecule has 0 spiro atoms. The van der Waals surface area contributed by atoms with E-state index >= 15 is 0 Å². The summed E-state index contributed by atoms with van der Waals surface area (Å²) in [5.74, 6) is -0.216. The summed E-state index contributed by atoms with van der Waals surface area (Å²) in [6, 6.07) is 4.69. The molecule has 0 aliphatic heterocycles. The minimum Gasteiger partial charge on any atom is -0.377 e. The summed E-state index contributed by atoms with van der Waals surface area (Å²) in [5, 5.41) is 16.6. The van der Waals surface area contributed by atoms with Crippen LogP contribution in [0.1, 0.15) is 30.1 Å². The molecule has 6 nitrogen and oxygen atoms in total. The Morgan fingerprint density at radius 1 is 1.50 bits per heavy atom. The fraction of sp³-hybridized carbons (Fsp3) is 0.417. The molecule has 18 heavy (non-hydrogen) atoms. The smallest absolute Gasteiger partial charge is 0.292 e. The van der Waals surface area contributed by atoms with Gasteiger partial charge < -0.3 is 10.6 Å². The third kappa shape index (κ3) is 2.77. The molecule has 2 rings (SSSR count). The molecule has 1 saturated carbocycles. The van der Waals surface area contributed by atoms with E-state index in [1.54, 1.807) is 6.07 Å². The number of carbonyl (C=O) groups is 1. The maximum absolute atomic E-state index is 11.7. The lowest BCUT2D eigenvalue weighted by atomic mass is 10.1. The van der Waals surface area contributed by atoms with Crippen LogP contribution in [0.4, 0.5) is 11.4 Å². The first-order valence-corrected chi connectivity index (χ1v) is 5.95. The molecule has 6 heteroatoms. The van der Waals surface area contributed by atoms with E-state index in [0.717, 1.165) is 12.8 Å². The van der Waals surface area contributed by atoms with E-state index in [9.17, 15) is 14.9 Å². The molecule has 0 atom stereocenters. The van der Waals surface area contributed by atoms with Gasteiger partial charge in [0.1, 0.15) is 5.69 Å². The normalized spacial score (nSPS) is 14.1. The van der Waals surface area contributed by atoms with Crippen LogP contribution in [0.25, 0.3) is 0 Å². The Balaban J connectivity index is 2.28. The summed E-state index contributed by atoms with van der Waals surface area (Å²) >= 11 is 0. The lowest BCUT2D eigenvalue weighted by Gasteiger charge is -2.08. The van der Waals surface area contributed by atoms with Crippen molar-refractivity contribution >= 4 is 17.3 Å². The molecule has 0 unspecified atom stereocenters. The van der Waals surface area contributed by atoms with Crippen LogP contribution in [0.2, 0.25) is 0 Å². The Hall–Kier alpha value is -2.11. The largest absolute Gasteiger partial charge is 0.377 e. The molecule has 0 bridgehead atoms. The van der Waals surface area contributed by atoms with Gasteiger partial charge >= 0.3 is 0 Å². The van der Waals surface area contributed by atoms with Crippen molar-refractivity contribution in [1.82, 2.24) is 5.32 Å². The monoisotopic (exact) mass is 249 g/mol. The van der Waals surface area contributed by atoms with Crippen molar-refractivity contribution in [1.29, 1.82) is 0 Å². The zero-order chi connectivity index (χ0) is 13.1. The van der Waals surface area contributed by atoms with Gasteiger partial charge in [0.25, 0.3) is 11.6 Å². The molecule has 0 saturated heterocycles. The second-order valence-electron chi connectivity index (χ2n) is 4.27. The van der Waals surface area contributed by atoms with Gasteiger partial charge in [0.2, 0.25) is 0 Å². The number of anilines is 1. The van der Waals surface area contributed by atoms with Gasteiger partial charge in [0, 0.05) is 24.2 Å². The van der Waals surface area contributed by atoms with E-state index in [4.69, 9.17) is 0 Å². The van der Waals surface area contributed by atoms with Crippen LogP contribution in [0.5, 0.6) is 0 Å². The van der Waals surface area contributed by atoms with Crippen molar-refractivity contribution in [3.63, 3.8) is 0 Å². The Morgan fingerprint density at radius 2 is 2.22 bits per heavy atom. The van der Waals surface area contributed by atoms with Crippen molar-refractivity contribution in [3.05, 3.63) is 33.9 Å². The van der Waals surface area contributed by atoms with Crippen LogP contribution in [0.3, 0.4) is 0 Å². The van der Waals surface area contributed by atoms with Crippen LogP contribution in [-0.4, -0.2) is 23.4 Å². The van der Waals surface area contributed by atoms with E-state index in [1.165, 1.54) is 12.1 Å². The Bertz CT molecular complexity index is 483. The number of rotatable bonds is 5. The molecule has 1 aromatic carbocycles. The topological polar surface area (TPSA) is 84.3 Å². The molecule has 1 aliphatic rings. The maximum atomic E-state index is 11.7. The third-order valence-electron chi connectivity index (χ3n) is 2.73. The molecule has 0 heterocycles. The van der Waals surface area contributed by atoms with Crippen molar-refractivity contribution in [2.45, 2.75) is 25.8 Å². The van der Waals surface area contributed by atoms with Gasteiger partial charge in [-0.3, -0.25) is 14.9 Å². The molecule has 0 radical (unpaired) electrons. The number of nitro benzene ring substituents is 1. The van der Waals surface area contributed by atoms with Gasteiger partial charge in [-0.15, -0.1) is 0 Å². The van der Waals surface area contributed by atoms with E-state index in [2.05, 4.69) is 10.6 Å². The Kier molecular flexibility index (Phi) is 3.45. The fourth-order valence-corrected chi connectivity index (χ4v) is 1.66. The lowest BCUT2D eigenvalue weighted by Crippen LogP contribution is -2.22. The number of hydrogen-bond donors (Lipinski definition) is 2. The Morgan fingerprint density at radius 3 is 2.78 bits per heavy atom. The highest BCUT2D eigenvalue weighted by molar-refractivity contribution is 5.95. The number of nitro groups is 1. The van der Waals surface area contributed by atoms with Gasteiger partial charge in [-0.2, -0.15) is 0 Å². The number of carbonyl (C=O) groups excluding carboxylic acids is 1. The predicted octanol–water partition coefficient (Wildman–Crippen LogP) is 1.92. The van der Waals surface area contributed by atoms with Crippen molar-refractivity contribution in [3.8, 4) is 0 Å². The van der Waals surface area contributed by atoms with E-state index < -0.39 is 4.92 Å². The molecule has 0 aromatic heterocycles. The second kappa shape index (κ2) is 5.03. The third-order valence-corrected chi connectivity index (χ3v) is 2.73. The van der Waals surface area contributed by atoms with E-state index in [-0.39, 0.29) is 11.6 Å². The summed E-state index contributed by atoms with van der Waals surface area (Å²) in [4.78, 5) is 22.1. The highest BCUT2D eigenvalue weighted by Gasteiger charge is 2.25. The molecule has 96 valence electrons. The zero-order valence-electron chi connectivity index (χ0n) is 10.1. The molecule has 1 aliphatic carbocycles. The van der Waals surface area contributed by atoms with Crippen LogP contribution in [0.15, 0.2) is 18.2 Å². The fourth-order valence-electron chi connectivity index (χ4n) is 1.66. The standard InChI is InChI=1S/C12H15N3O3/c1-2-13-12(16)8-3-6-11(15(17)18)10(7-8)14-9-4-5-9/h3,6-7,9,14H,2,4-5H2,1H3,(H,13,16). The minimum atomic E-state index is -0.438. The first kappa shape index (κ1) is 12.3. The molecular formula is C12H15N3O3. The van der Waals surface area contributed by atoms with Gasteiger partial charge in [-0.25, -0.2) is 0 Å². The summed E-state index contributed by atoms with van der Waals surface area (Å²) in [5.41, 5.74) is 0.867. The van der Waals surface area contributed by atoms with E-state index in [1.807, 2.05) is 6.92 Å².